The van der Waals surface area contributed by atoms with E-state index in [1.54, 1.807) is 0 Å². The molecule has 0 aliphatic heterocycles. The number of hydrogen-bond donors (Lipinski definition) is 5. The molecule has 0 saturated heterocycles. The average Bonchev–Trinajstić information content (AvgIpc) is 3.56. The molecule has 6 rings (SSSR count). The number of amides is 2. The highest BCUT2D eigenvalue weighted by molar-refractivity contribution is 5.84. The minimum Gasteiger partial charge on any atom is -0.481 e. The van der Waals surface area contributed by atoms with Crippen molar-refractivity contribution in [2.45, 2.75) is 175 Å². The summed E-state index contributed by atoms with van der Waals surface area (Å²) in [7, 11) is 0. The second-order valence-corrected chi connectivity index (χ2v) is 21.0. The molecule has 0 radical (unpaired) electrons. The SMILES string of the molecule is C=C(C)[C@@H]1CC[C@]2(C(=O)NCCCCCCCC(=O)N[C@@H](Cc3ccccc3)[C@@H](O)CC(=O)O)CC[C@]3(C)[C@H](CC[C@@H]4[C@@]5(C)CC[C@H](O)C(C)(C)[C@@H]5CC[C@]43C)[C@@H]12. The van der Waals surface area contributed by atoms with Gasteiger partial charge in [0.1, 0.15) is 0 Å². The highest BCUT2D eigenvalue weighted by atomic mass is 16.4. The molecule has 5 N–H and O–H groups in total. The van der Waals surface area contributed by atoms with E-state index in [9.17, 15) is 29.7 Å². The number of aliphatic carboxylic acids is 1. The lowest BCUT2D eigenvalue weighted by Gasteiger charge is -2.72. The molecular weight excluding hydrogens is 713 g/mol. The van der Waals surface area contributed by atoms with E-state index in [1.165, 1.54) is 31.3 Å². The fraction of sp³-hybridized carbons (Fsp3) is 0.776. The van der Waals surface area contributed by atoms with Gasteiger partial charge in [0.25, 0.3) is 0 Å². The number of carboxylic acids is 1. The number of rotatable bonds is 16. The van der Waals surface area contributed by atoms with E-state index < -0.39 is 24.5 Å². The molecule has 0 aromatic heterocycles. The summed E-state index contributed by atoms with van der Waals surface area (Å²) < 4.78 is 0. The zero-order chi connectivity index (χ0) is 41.4. The van der Waals surface area contributed by atoms with E-state index in [4.69, 9.17) is 0 Å². The van der Waals surface area contributed by atoms with Gasteiger partial charge in [0, 0.05) is 13.0 Å². The van der Waals surface area contributed by atoms with E-state index in [0.717, 1.165) is 76.2 Å². The van der Waals surface area contributed by atoms with Gasteiger partial charge in [-0.2, -0.15) is 0 Å². The van der Waals surface area contributed by atoms with E-state index >= 15 is 0 Å². The first kappa shape index (κ1) is 43.9. The Morgan fingerprint density at radius 1 is 0.825 bits per heavy atom. The summed E-state index contributed by atoms with van der Waals surface area (Å²) in [6, 6.07) is 8.83. The third-order valence-electron chi connectivity index (χ3n) is 17.9. The highest BCUT2D eigenvalue weighted by Crippen LogP contribution is 2.77. The lowest BCUT2D eigenvalue weighted by atomic mass is 9.32. The van der Waals surface area contributed by atoms with Crippen molar-refractivity contribution in [2.24, 2.45) is 56.7 Å². The Morgan fingerprint density at radius 3 is 2.23 bits per heavy atom. The molecule has 8 nitrogen and oxygen atoms in total. The standard InChI is InChI=1S/C49H76N2O6/c1-32(2)34-21-26-49(28-27-47(6)35(43(34)49)19-20-39-46(5)24-23-40(53)45(3,4)38(46)22-25-48(39,47)7)44(57)50-29-15-10-8-9-14-18-41(54)51-36(37(52)31-42(55)56)30-33-16-12-11-13-17-33/h11-13,16-17,34-40,43,52-53H,1,8-10,14-15,18-31H2,2-7H3,(H,50,57)(H,51,54)(H,55,56)/t34-,35+,36-,37-,38-,39+,40-,43+,46-,47+,48+,49-/m0/s1. The molecule has 57 heavy (non-hydrogen) atoms. The number of carboxylic acid groups (broad SMARTS) is 1. The van der Waals surface area contributed by atoms with Crippen LogP contribution in [0.25, 0.3) is 0 Å². The predicted octanol–water partition coefficient (Wildman–Crippen LogP) is 9.02. The molecule has 12 atom stereocenters. The zero-order valence-corrected chi connectivity index (χ0v) is 36.2. The predicted molar refractivity (Wildman–Crippen MR) is 226 cm³/mol. The van der Waals surface area contributed by atoms with Crippen LogP contribution in [-0.4, -0.2) is 57.9 Å². The number of carbonyl (C=O) groups is 3. The molecule has 0 heterocycles. The first-order chi connectivity index (χ1) is 26.9. The molecule has 1 aromatic carbocycles. The van der Waals surface area contributed by atoms with Crippen molar-refractivity contribution in [3.05, 3.63) is 48.0 Å². The van der Waals surface area contributed by atoms with E-state index in [-0.39, 0.29) is 45.0 Å². The zero-order valence-electron chi connectivity index (χ0n) is 36.2. The summed E-state index contributed by atoms with van der Waals surface area (Å²) in [5.74, 6) is 1.44. The molecule has 0 spiro atoms. The van der Waals surface area contributed by atoms with Crippen LogP contribution in [0.15, 0.2) is 42.5 Å². The Bertz CT molecular complexity index is 1610. The van der Waals surface area contributed by atoms with Crippen molar-refractivity contribution in [3.63, 3.8) is 0 Å². The Labute approximate surface area is 343 Å². The largest absolute Gasteiger partial charge is 0.481 e. The van der Waals surface area contributed by atoms with Gasteiger partial charge >= 0.3 is 5.97 Å². The van der Waals surface area contributed by atoms with Crippen molar-refractivity contribution in [1.29, 1.82) is 0 Å². The van der Waals surface area contributed by atoms with E-state index in [1.807, 2.05) is 30.3 Å². The number of hydrogen-bond acceptors (Lipinski definition) is 5. The van der Waals surface area contributed by atoms with Gasteiger partial charge in [-0.05, 0) is 147 Å². The second kappa shape index (κ2) is 17.1. The van der Waals surface area contributed by atoms with E-state index in [2.05, 4.69) is 58.8 Å². The van der Waals surface area contributed by atoms with Gasteiger partial charge in [0.05, 0.1) is 30.1 Å². The molecule has 0 unspecified atom stereocenters. The summed E-state index contributed by atoms with van der Waals surface area (Å²) in [5.41, 5.74) is 2.44. The van der Waals surface area contributed by atoms with Crippen molar-refractivity contribution >= 4 is 17.8 Å². The number of unbranched alkanes of at least 4 members (excludes halogenated alkanes) is 4. The molecule has 5 saturated carbocycles. The lowest BCUT2D eigenvalue weighted by molar-refractivity contribution is -0.246. The quantitative estimate of drug-likeness (QED) is 0.0839. The normalized spacial score (nSPS) is 37.7. The van der Waals surface area contributed by atoms with Gasteiger partial charge in [0.2, 0.25) is 11.8 Å². The topological polar surface area (TPSA) is 136 Å². The molecule has 2 amide bonds. The number of aliphatic hydroxyl groups excluding tert-OH is 2. The monoisotopic (exact) mass is 789 g/mol. The van der Waals surface area contributed by atoms with Gasteiger partial charge in [0.15, 0.2) is 0 Å². The van der Waals surface area contributed by atoms with Crippen LogP contribution in [-0.2, 0) is 20.8 Å². The number of allylic oxidation sites excluding steroid dienone is 1. The third kappa shape index (κ3) is 8.13. The minimum atomic E-state index is -1.17. The van der Waals surface area contributed by atoms with Crippen LogP contribution in [0.5, 0.6) is 0 Å². The third-order valence-corrected chi connectivity index (χ3v) is 17.9. The maximum absolute atomic E-state index is 14.5. The molecule has 1 aromatic rings. The van der Waals surface area contributed by atoms with Gasteiger partial charge < -0.3 is 26.0 Å². The maximum atomic E-state index is 14.5. The van der Waals surface area contributed by atoms with Crippen molar-refractivity contribution in [1.82, 2.24) is 10.6 Å². The number of fused-ring (bicyclic) bond motifs is 7. The molecule has 5 aliphatic rings. The van der Waals surface area contributed by atoms with Crippen LogP contribution < -0.4 is 10.6 Å². The molecule has 5 fully saturated rings. The van der Waals surface area contributed by atoms with Crippen LogP contribution in [0.2, 0.25) is 0 Å². The Kier molecular flexibility index (Phi) is 13.2. The number of carbonyl (C=O) groups excluding carboxylic acids is 2. The first-order valence-electron chi connectivity index (χ1n) is 22.8. The molecule has 318 valence electrons. The summed E-state index contributed by atoms with van der Waals surface area (Å²) in [5, 5.41) is 37.2. The maximum Gasteiger partial charge on any atom is 0.306 e. The number of aliphatic hydroxyl groups is 2. The summed E-state index contributed by atoms with van der Waals surface area (Å²) >= 11 is 0. The van der Waals surface area contributed by atoms with Gasteiger partial charge in [-0.25, -0.2) is 0 Å². The minimum absolute atomic E-state index is 0.0529. The van der Waals surface area contributed by atoms with Crippen LogP contribution >= 0.6 is 0 Å². The van der Waals surface area contributed by atoms with Crippen molar-refractivity contribution < 1.29 is 29.7 Å². The smallest absolute Gasteiger partial charge is 0.306 e. The van der Waals surface area contributed by atoms with Crippen LogP contribution in [0.4, 0.5) is 0 Å². The highest BCUT2D eigenvalue weighted by Gasteiger charge is 2.71. The average molecular weight is 789 g/mol. The van der Waals surface area contributed by atoms with Crippen molar-refractivity contribution in [2.75, 3.05) is 6.54 Å². The summed E-state index contributed by atoms with van der Waals surface area (Å²) in [6.07, 6.45) is 14.4. The summed E-state index contributed by atoms with van der Waals surface area (Å²) in [4.78, 5) is 38.6. The van der Waals surface area contributed by atoms with Crippen molar-refractivity contribution in [3.8, 4) is 0 Å². The molecule has 5 aliphatic carbocycles. The van der Waals surface area contributed by atoms with Crippen LogP contribution in [0.1, 0.15) is 156 Å². The Balaban J connectivity index is 1.01. The fourth-order valence-electron chi connectivity index (χ4n) is 14.6. The first-order valence-corrected chi connectivity index (χ1v) is 22.8. The van der Waals surface area contributed by atoms with E-state index in [0.29, 0.717) is 49.0 Å². The lowest BCUT2D eigenvalue weighted by Crippen LogP contribution is -2.67. The Hall–Kier alpha value is -2.71. The molecular formula is C49H76N2O6. The number of nitrogens with one attached hydrogen (secondary N) is 2. The van der Waals surface area contributed by atoms with Crippen LogP contribution in [0.3, 0.4) is 0 Å². The van der Waals surface area contributed by atoms with Crippen LogP contribution in [0, 0.1) is 56.7 Å². The molecule has 8 heteroatoms. The Morgan fingerprint density at radius 2 is 1.53 bits per heavy atom. The number of benzene rings is 1. The van der Waals surface area contributed by atoms with Gasteiger partial charge in [-0.3, -0.25) is 14.4 Å². The second-order valence-electron chi connectivity index (χ2n) is 21.0. The molecule has 0 bridgehead atoms. The van der Waals surface area contributed by atoms with Gasteiger partial charge in [-0.15, -0.1) is 0 Å². The van der Waals surface area contributed by atoms with Gasteiger partial charge in [-0.1, -0.05) is 96.4 Å². The fourth-order valence-corrected chi connectivity index (χ4v) is 14.6. The summed E-state index contributed by atoms with van der Waals surface area (Å²) in [6.45, 7) is 19.9.